The number of anilines is 1. The van der Waals surface area contributed by atoms with Crippen LogP contribution in [0.5, 0.6) is 5.75 Å². The number of aromatic nitrogens is 3. The summed E-state index contributed by atoms with van der Waals surface area (Å²) in [5, 5.41) is 7.89. The van der Waals surface area contributed by atoms with Crippen LogP contribution in [0.25, 0.3) is 5.69 Å². The fraction of sp³-hybridized carbons (Fsp3) is 0.429. The maximum Gasteiger partial charge on any atom is 0.146 e. The van der Waals surface area contributed by atoms with Crippen molar-refractivity contribution in [1.82, 2.24) is 15.0 Å². The molecule has 0 radical (unpaired) electrons. The van der Waals surface area contributed by atoms with E-state index in [1.54, 1.807) is 23.9 Å². The van der Waals surface area contributed by atoms with Gasteiger partial charge in [0.2, 0.25) is 0 Å². The van der Waals surface area contributed by atoms with Gasteiger partial charge in [0.1, 0.15) is 11.4 Å². The number of aryl methyl sites for hydroxylation is 1. The highest BCUT2D eigenvalue weighted by atomic mass is 16.5. The fourth-order valence-electron chi connectivity index (χ4n) is 1.35. The number of rotatable bonds is 2. The number of ether oxygens (including phenoxy) is 1. The van der Waals surface area contributed by atoms with Gasteiger partial charge in [0.05, 0.1) is 19.0 Å². The zero-order chi connectivity index (χ0) is 14.8. The normalized spacial score (nSPS) is 8.74. The first-order valence-electron chi connectivity index (χ1n) is 6.53. The van der Waals surface area contributed by atoms with Crippen LogP contribution in [0.1, 0.15) is 33.4 Å². The first-order valence-corrected chi connectivity index (χ1v) is 6.53. The smallest absolute Gasteiger partial charge is 0.146 e. The third-order valence-corrected chi connectivity index (χ3v) is 2.06. The standard InChI is InChI=1S/C10H12N4O.2C2H6/c1-7-6-14(13-12-7)9-4-3-8(11)5-10(9)15-2;2*1-2/h3-6H,11H2,1-2H3;2*1-2H3. The van der Waals surface area contributed by atoms with E-state index in [9.17, 15) is 0 Å². The van der Waals surface area contributed by atoms with Gasteiger partial charge in [-0.25, -0.2) is 4.68 Å². The largest absolute Gasteiger partial charge is 0.494 e. The molecule has 0 bridgehead atoms. The Hall–Kier alpha value is -2.04. The molecular weight excluding hydrogens is 240 g/mol. The molecule has 0 unspecified atom stereocenters. The molecule has 2 aromatic rings. The molecule has 0 aliphatic heterocycles. The summed E-state index contributed by atoms with van der Waals surface area (Å²) in [6.07, 6.45) is 1.83. The highest BCUT2D eigenvalue weighted by Gasteiger charge is 2.06. The van der Waals surface area contributed by atoms with E-state index in [0.29, 0.717) is 11.4 Å². The first-order chi connectivity index (χ1) is 9.20. The molecule has 106 valence electrons. The molecule has 5 heteroatoms. The van der Waals surface area contributed by atoms with Gasteiger partial charge in [0, 0.05) is 11.8 Å². The Bertz CT molecular complexity index is 480. The highest BCUT2D eigenvalue weighted by molar-refractivity contribution is 5.55. The van der Waals surface area contributed by atoms with Crippen LogP contribution >= 0.6 is 0 Å². The Kier molecular flexibility index (Phi) is 8.00. The summed E-state index contributed by atoms with van der Waals surface area (Å²) in [6, 6.07) is 5.41. The van der Waals surface area contributed by atoms with Crippen LogP contribution in [0.15, 0.2) is 24.4 Å². The molecule has 1 aromatic carbocycles. The Balaban J connectivity index is 0.000000741. The van der Waals surface area contributed by atoms with Gasteiger partial charge in [0.15, 0.2) is 0 Å². The van der Waals surface area contributed by atoms with E-state index in [4.69, 9.17) is 10.5 Å². The van der Waals surface area contributed by atoms with Crippen LogP contribution in [0.4, 0.5) is 5.69 Å². The maximum atomic E-state index is 5.66. The summed E-state index contributed by atoms with van der Waals surface area (Å²) >= 11 is 0. The molecule has 0 aliphatic carbocycles. The van der Waals surface area contributed by atoms with Crippen molar-refractivity contribution in [3.63, 3.8) is 0 Å². The molecule has 1 aromatic heterocycles. The molecular formula is C14H24N4O. The monoisotopic (exact) mass is 264 g/mol. The van der Waals surface area contributed by atoms with Gasteiger partial charge in [-0.05, 0) is 19.1 Å². The van der Waals surface area contributed by atoms with Crippen molar-refractivity contribution < 1.29 is 4.74 Å². The van der Waals surface area contributed by atoms with Gasteiger partial charge in [-0.1, -0.05) is 32.9 Å². The van der Waals surface area contributed by atoms with Crippen molar-refractivity contribution in [3.05, 3.63) is 30.1 Å². The van der Waals surface area contributed by atoms with Gasteiger partial charge in [-0.3, -0.25) is 0 Å². The second-order valence-corrected chi connectivity index (χ2v) is 3.24. The predicted octanol–water partition coefficient (Wildman–Crippen LogP) is 3.22. The SMILES string of the molecule is CC.CC.COc1cc(N)ccc1-n1cc(C)nn1. The third-order valence-electron chi connectivity index (χ3n) is 2.06. The molecule has 0 atom stereocenters. The van der Waals surface area contributed by atoms with Crippen LogP contribution in [-0.4, -0.2) is 22.1 Å². The molecule has 0 aliphatic rings. The van der Waals surface area contributed by atoms with Gasteiger partial charge in [-0.15, -0.1) is 5.10 Å². The van der Waals surface area contributed by atoms with E-state index in [1.807, 2.05) is 46.9 Å². The molecule has 0 spiro atoms. The maximum absolute atomic E-state index is 5.66. The fourth-order valence-corrected chi connectivity index (χ4v) is 1.35. The zero-order valence-electron chi connectivity index (χ0n) is 12.6. The molecule has 0 saturated heterocycles. The van der Waals surface area contributed by atoms with E-state index in [-0.39, 0.29) is 0 Å². The van der Waals surface area contributed by atoms with Gasteiger partial charge >= 0.3 is 0 Å². The third kappa shape index (κ3) is 4.62. The summed E-state index contributed by atoms with van der Waals surface area (Å²) in [4.78, 5) is 0. The van der Waals surface area contributed by atoms with Crippen molar-refractivity contribution in [2.24, 2.45) is 0 Å². The number of benzene rings is 1. The van der Waals surface area contributed by atoms with E-state index in [1.165, 1.54) is 0 Å². The Labute approximate surface area is 115 Å². The summed E-state index contributed by atoms with van der Waals surface area (Å²) in [6.45, 7) is 9.88. The Morgan fingerprint density at radius 2 is 1.79 bits per heavy atom. The lowest BCUT2D eigenvalue weighted by Crippen LogP contribution is -1.99. The second-order valence-electron chi connectivity index (χ2n) is 3.24. The highest BCUT2D eigenvalue weighted by Crippen LogP contribution is 2.24. The quantitative estimate of drug-likeness (QED) is 0.846. The van der Waals surface area contributed by atoms with Crippen LogP contribution in [0.2, 0.25) is 0 Å². The summed E-state index contributed by atoms with van der Waals surface area (Å²) < 4.78 is 6.88. The van der Waals surface area contributed by atoms with Crippen LogP contribution in [0, 0.1) is 6.92 Å². The summed E-state index contributed by atoms with van der Waals surface area (Å²) in [7, 11) is 1.60. The van der Waals surface area contributed by atoms with E-state index < -0.39 is 0 Å². The Morgan fingerprint density at radius 3 is 2.26 bits per heavy atom. The first kappa shape index (κ1) is 17.0. The minimum Gasteiger partial charge on any atom is -0.494 e. The molecule has 2 rings (SSSR count). The number of nitrogens with zero attached hydrogens (tertiary/aromatic N) is 3. The molecule has 19 heavy (non-hydrogen) atoms. The predicted molar refractivity (Wildman–Crippen MR) is 79.8 cm³/mol. The number of methoxy groups -OCH3 is 1. The second kappa shape index (κ2) is 8.97. The zero-order valence-corrected chi connectivity index (χ0v) is 12.6. The lowest BCUT2D eigenvalue weighted by Gasteiger charge is -2.07. The van der Waals surface area contributed by atoms with E-state index >= 15 is 0 Å². The molecule has 0 fully saturated rings. The molecule has 5 nitrogen and oxygen atoms in total. The minimum absolute atomic E-state index is 0.660. The van der Waals surface area contributed by atoms with E-state index in [0.717, 1.165) is 11.4 Å². The van der Waals surface area contributed by atoms with Crippen molar-refractivity contribution in [1.29, 1.82) is 0 Å². The average molecular weight is 264 g/mol. The van der Waals surface area contributed by atoms with Gasteiger partial charge < -0.3 is 10.5 Å². The average Bonchev–Trinajstić information content (AvgIpc) is 2.89. The molecule has 2 N–H and O–H groups in total. The van der Waals surface area contributed by atoms with Crippen molar-refractivity contribution in [2.45, 2.75) is 34.6 Å². The molecule has 0 amide bonds. The van der Waals surface area contributed by atoms with Crippen molar-refractivity contribution in [2.75, 3.05) is 12.8 Å². The van der Waals surface area contributed by atoms with Crippen molar-refractivity contribution >= 4 is 5.69 Å². The van der Waals surface area contributed by atoms with Crippen LogP contribution in [0.3, 0.4) is 0 Å². The minimum atomic E-state index is 0.660. The molecule has 1 heterocycles. The lowest BCUT2D eigenvalue weighted by molar-refractivity contribution is 0.411. The van der Waals surface area contributed by atoms with Crippen LogP contribution < -0.4 is 10.5 Å². The number of nitrogen functional groups attached to an aromatic ring is 1. The van der Waals surface area contributed by atoms with E-state index in [2.05, 4.69) is 10.3 Å². The van der Waals surface area contributed by atoms with Crippen LogP contribution in [-0.2, 0) is 0 Å². The topological polar surface area (TPSA) is 66.0 Å². The summed E-state index contributed by atoms with van der Waals surface area (Å²) in [5.41, 5.74) is 8.00. The van der Waals surface area contributed by atoms with Gasteiger partial charge in [0.25, 0.3) is 0 Å². The number of hydrogen-bond acceptors (Lipinski definition) is 4. The summed E-state index contributed by atoms with van der Waals surface area (Å²) in [5.74, 6) is 0.680. The molecule has 0 saturated carbocycles. The Morgan fingerprint density at radius 1 is 1.16 bits per heavy atom. The lowest BCUT2D eigenvalue weighted by atomic mass is 10.2. The van der Waals surface area contributed by atoms with Crippen molar-refractivity contribution in [3.8, 4) is 11.4 Å². The number of hydrogen-bond donors (Lipinski definition) is 1. The van der Waals surface area contributed by atoms with Gasteiger partial charge in [-0.2, -0.15) is 0 Å². The number of nitrogens with two attached hydrogens (primary N) is 1.